The van der Waals surface area contributed by atoms with Gasteiger partial charge in [-0.3, -0.25) is 4.99 Å². The number of nitrogens with one attached hydrogen (secondary N) is 1. The Hall–Kier alpha value is -1.57. The predicted molar refractivity (Wildman–Crippen MR) is 112 cm³/mol. The zero-order valence-corrected chi connectivity index (χ0v) is 17.9. The van der Waals surface area contributed by atoms with Gasteiger partial charge in [0.15, 0.2) is 5.96 Å². The number of oxazole rings is 1. The maximum absolute atomic E-state index is 5.59. The number of guanidine groups is 1. The molecule has 1 aliphatic heterocycles. The van der Waals surface area contributed by atoms with Crippen LogP contribution in [0.2, 0.25) is 0 Å². The zero-order chi connectivity index (χ0) is 17.4. The number of halogens is 1. The third kappa shape index (κ3) is 3.68. The Morgan fingerprint density at radius 2 is 1.92 bits per heavy atom. The van der Waals surface area contributed by atoms with E-state index in [-0.39, 0.29) is 34.9 Å². The van der Waals surface area contributed by atoms with E-state index in [1.54, 1.807) is 6.26 Å². The van der Waals surface area contributed by atoms with Gasteiger partial charge in [0.1, 0.15) is 6.26 Å². The third-order valence-electron chi connectivity index (χ3n) is 5.35. The average Bonchev–Trinajstić information content (AvgIpc) is 3.04. The summed E-state index contributed by atoms with van der Waals surface area (Å²) in [5.41, 5.74) is 2.21. The molecule has 0 spiro atoms. The Morgan fingerprint density at radius 3 is 2.48 bits per heavy atom. The summed E-state index contributed by atoms with van der Waals surface area (Å²) in [5, 5.41) is 3.40. The molecular weight excluding hydrogens is 427 g/mol. The number of benzene rings is 1. The minimum absolute atomic E-state index is 0. The Labute approximate surface area is 166 Å². The largest absolute Gasteiger partial charge is 0.444 e. The van der Waals surface area contributed by atoms with E-state index in [2.05, 4.69) is 47.9 Å². The zero-order valence-electron chi connectivity index (χ0n) is 15.5. The molecule has 25 heavy (non-hydrogen) atoms. The maximum atomic E-state index is 5.59. The number of hydrogen-bond acceptors (Lipinski definition) is 3. The first kappa shape index (κ1) is 19.8. The average molecular weight is 454 g/mol. The Morgan fingerprint density at radius 1 is 1.24 bits per heavy atom. The van der Waals surface area contributed by atoms with Crippen LogP contribution in [-0.2, 0) is 6.54 Å². The first-order chi connectivity index (χ1) is 11.3. The van der Waals surface area contributed by atoms with E-state index >= 15 is 0 Å². The number of nitrogens with zero attached hydrogens (tertiary/aromatic N) is 3. The van der Waals surface area contributed by atoms with Gasteiger partial charge >= 0.3 is 0 Å². The van der Waals surface area contributed by atoms with Crippen molar-refractivity contribution in [2.75, 3.05) is 13.6 Å². The first-order valence-electron chi connectivity index (χ1n) is 8.33. The van der Waals surface area contributed by atoms with Crippen molar-refractivity contribution in [3.8, 4) is 11.5 Å². The molecule has 0 bridgehead atoms. The molecule has 1 N–H and O–H groups in total. The van der Waals surface area contributed by atoms with Crippen molar-refractivity contribution in [3.63, 3.8) is 0 Å². The van der Waals surface area contributed by atoms with Crippen LogP contribution in [0.5, 0.6) is 0 Å². The van der Waals surface area contributed by atoms with Crippen LogP contribution in [0.3, 0.4) is 0 Å². The molecule has 0 amide bonds. The summed E-state index contributed by atoms with van der Waals surface area (Å²) in [4.78, 5) is 11.3. The lowest BCUT2D eigenvalue weighted by Crippen LogP contribution is -2.72. The normalized spacial score (nSPS) is 18.3. The molecule has 3 rings (SSSR count). The summed E-state index contributed by atoms with van der Waals surface area (Å²) in [5.74, 6) is 1.55. The van der Waals surface area contributed by atoms with Gasteiger partial charge in [0.25, 0.3) is 0 Å². The molecular formula is C19H27IN4O. The smallest absolute Gasteiger partial charge is 0.226 e. The van der Waals surface area contributed by atoms with Gasteiger partial charge in [0.05, 0.1) is 12.2 Å². The van der Waals surface area contributed by atoms with Gasteiger partial charge in [-0.25, -0.2) is 4.98 Å². The summed E-state index contributed by atoms with van der Waals surface area (Å²) in [6, 6.07) is 9.93. The van der Waals surface area contributed by atoms with Gasteiger partial charge in [-0.2, -0.15) is 0 Å². The van der Waals surface area contributed by atoms with Gasteiger partial charge in [0.2, 0.25) is 5.89 Å². The molecule has 0 unspecified atom stereocenters. The molecule has 6 heteroatoms. The van der Waals surface area contributed by atoms with Crippen LogP contribution in [0.4, 0.5) is 0 Å². The molecule has 0 saturated carbocycles. The van der Waals surface area contributed by atoms with Crippen LogP contribution in [0.15, 0.2) is 46.0 Å². The SMILES string of the molecule is CN=C(NCc1coc(-c2ccccc2)n1)N1CC(C)(C)C1(C)C.I. The van der Waals surface area contributed by atoms with E-state index in [9.17, 15) is 0 Å². The van der Waals surface area contributed by atoms with Gasteiger partial charge in [-0.1, -0.05) is 32.0 Å². The van der Waals surface area contributed by atoms with Crippen molar-refractivity contribution in [1.82, 2.24) is 15.2 Å². The van der Waals surface area contributed by atoms with Gasteiger partial charge in [-0.15, -0.1) is 24.0 Å². The van der Waals surface area contributed by atoms with Crippen molar-refractivity contribution < 1.29 is 4.42 Å². The van der Waals surface area contributed by atoms with Crippen LogP contribution >= 0.6 is 24.0 Å². The van der Waals surface area contributed by atoms with E-state index in [1.807, 2.05) is 37.4 Å². The Kier molecular flexibility index (Phi) is 5.81. The van der Waals surface area contributed by atoms with E-state index in [0.717, 1.165) is 23.8 Å². The fourth-order valence-electron chi connectivity index (χ4n) is 2.97. The van der Waals surface area contributed by atoms with Crippen LogP contribution < -0.4 is 5.32 Å². The Bertz CT molecular complexity index is 737. The lowest BCUT2D eigenvalue weighted by molar-refractivity contribution is -0.0668. The minimum Gasteiger partial charge on any atom is -0.444 e. The van der Waals surface area contributed by atoms with E-state index in [4.69, 9.17) is 4.42 Å². The van der Waals surface area contributed by atoms with Crippen LogP contribution in [-0.4, -0.2) is 35.0 Å². The van der Waals surface area contributed by atoms with Crippen molar-refractivity contribution in [3.05, 3.63) is 42.3 Å². The number of hydrogen-bond donors (Lipinski definition) is 1. The highest BCUT2D eigenvalue weighted by Crippen LogP contribution is 2.46. The second kappa shape index (κ2) is 7.35. The van der Waals surface area contributed by atoms with Crippen LogP contribution in [0, 0.1) is 5.41 Å². The van der Waals surface area contributed by atoms with Gasteiger partial charge in [0, 0.05) is 30.1 Å². The molecule has 5 nitrogen and oxygen atoms in total. The van der Waals surface area contributed by atoms with E-state index in [1.165, 1.54) is 0 Å². The van der Waals surface area contributed by atoms with Crippen molar-refractivity contribution >= 4 is 29.9 Å². The molecule has 1 saturated heterocycles. The quantitative estimate of drug-likeness (QED) is 0.430. The predicted octanol–water partition coefficient (Wildman–Crippen LogP) is 4.16. The molecule has 2 heterocycles. The molecule has 2 aromatic rings. The van der Waals surface area contributed by atoms with Gasteiger partial charge < -0.3 is 14.6 Å². The third-order valence-corrected chi connectivity index (χ3v) is 5.35. The summed E-state index contributed by atoms with van der Waals surface area (Å²) in [6.45, 7) is 10.7. The lowest BCUT2D eigenvalue weighted by atomic mass is 9.65. The lowest BCUT2D eigenvalue weighted by Gasteiger charge is -2.62. The summed E-state index contributed by atoms with van der Waals surface area (Å²) >= 11 is 0. The summed E-state index contributed by atoms with van der Waals surface area (Å²) in [6.07, 6.45) is 1.70. The molecule has 1 aromatic carbocycles. The van der Waals surface area contributed by atoms with Crippen molar-refractivity contribution in [1.29, 1.82) is 0 Å². The highest BCUT2D eigenvalue weighted by atomic mass is 127. The topological polar surface area (TPSA) is 53.7 Å². The number of rotatable bonds is 3. The fraction of sp³-hybridized carbons (Fsp3) is 0.474. The van der Waals surface area contributed by atoms with Crippen molar-refractivity contribution in [2.45, 2.75) is 39.8 Å². The second-order valence-electron chi connectivity index (χ2n) is 7.44. The molecule has 1 aromatic heterocycles. The standard InChI is InChI=1S/C19H26N4O.HI/c1-18(2)13-23(19(18,3)4)17(20-5)21-11-15-12-24-16(22-15)14-9-7-6-8-10-14;/h6-10,12H,11,13H2,1-5H3,(H,20,21);1H. The molecule has 1 aliphatic rings. The second-order valence-corrected chi connectivity index (χ2v) is 7.44. The highest BCUT2D eigenvalue weighted by Gasteiger charge is 2.53. The van der Waals surface area contributed by atoms with Gasteiger partial charge in [-0.05, 0) is 26.0 Å². The minimum atomic E-state index is 0. The van der Waals surface area contributed by atoms with E-state index in [0.29, 0.717) is 12.4 Å². The first-order valence-corrected chi connectivity index (χ1v) is 8.33. The summed E-state index contributed by atoms with van der Waals surface area (Å²) < 4.78 is 5.59. The monoisotopic (exact) mass is 454 g/mol. The maximum Gasteiger partial charge on any atom is 0.226 e. The number of likely N-dealkylation sites (tertiary alicyclic amines) is 1. The fourth-order valence-corrected chi connectivity index (χ4v) is 2.97. The molecule has 0 radical (unpaired) electrons. The van der Waals surface area contributed by atoms with Crippen LogP contribution in [0.25, 0.3) is 11.5 Å². The molecule has 0 aliphatic carbocycles. The number of aromatic nitrogens is 1. The van der Waals surface area contributed by atoms with Crippen molar-refractivity contribution in [2.24, 2.45) is 10.4 Å². The van der Waals surface area contributed by atoms with Crippen LogP contribution in [0.1, 0.15) is 33.4 Å². The molecule has 0 atom stereocenters. The Balaban J connectivity index is 0.00000225. The summed E-state index contributed by atoms with van der Waals surface area (Å²) in [7, 11) is 1.82. The highest BCUT2D eigenvalue weighted by molar-refractivity contribution is 14.0. The van der Waals surface area contributed by atoms with E-state index < -0.39 is 0 Å². The molecule has 136 valence electrons. The molecule has 1 fully saturated rings. The number of aliphatic imine (C=N–C) groups is 1.